The van der Waals surface area contributed by atoms with Crippen molar-refractivity contribution in [2.45, 2.75) is 12.8 Å². The molecule has 1 amide bonds. The van der Waals surface area contributed by atoms with E-state index in [0.29, 0.717) is 5.57 Å². The highest BCUT2D eigenvalue weighted by Crippen LogP contribution is 2.24. The van der Waals surface area contributed by atoms with Crippen molar-refractivity contribution in [1.29, 1.82) is 0 Å². The summed E-state index contributed by atoms with van der Waals surface area (Å²) >= 11 is 0. The van der Waals surface area contributed by atoms with Gasteiger partial charge in [-0.05, 0) is 42.2 Å². The lowest BCUT2D eigenvalue weighted by molar-refractivity contribution is -0.384. The Morgan fingerprint density at radius 1 is 1.00 bits per heavy atom. The zero-order chi connectivity index (χ0) is 16.9. The predicted octanol–water partition coefficient (Wildman–Crippen LogP) is 3.76. The lowest BCUT2D eigenvalue weighted by Gasteiger charge is -2.18. The van der Waals surface area contributed by atoms with Crippen LogP contribution in [0.4, 0.5) is 5.69 Å². The van der Waals surface area contributed by atoms with E-state index >= 15 is 0 Å². The minimum absolute atomic E-state index is 0.0112. The third-order valence-corrected chi connectivity index (χ3v) is 4.12. The van der Waals surface area contributed by atoms with Gasteiger partial charge in [0.2, 0.25) is 0 Å². The molecule has 5 heteroatoms. The van der Waals surface area contributed by atoms with Gasteiger partial charge in [0.15, 0.2) is 0 Å². The highest BCUT2D eigenvalue weighted by molar-refractivity contribution is 6.24. The largest absolute Gasteiger partial charge is 0.339 e. The summed E-state index contributed by atoms with van der Waals surface area (Å²) in [4.78, 5) is 25.1. The zero-order valence-corrected chi connectivity index (χ0v) is 13.2. The number of hydrogen-bond donors (Lipinski definition) is 0. The first-order valence-corrected chi connectivity index (χ1v) is 7.96. The van der Waals surface area contributed by atoms with Gasteiger partial charge < -0.3 is 4.90 Å². The van der Waals surface area contributed by atoms with Crippen LogP contribution in [0.2, 0.25) is 0 Å². The molecule has 1 fully saturated rings. The molecule has 0 unspecified atom stereocenters. The molecule has 0 spiro atoms. The molecule has 0 atom stereocenters. The van der Waals surface area contributed by atoms with Crippen LogP contribution in [0, 0.1) is 10.1 Å². The first-order chi connectivity index (χ1) is 11.6. The summed E-state index contributed by atoms with van der Waals surface area (Å²) in [6.07, 6.45) is 3.87. The fraction of sp³-hybridized carbons (Fsp3) is 0.211. The third kappa shape index (κ3) is 3.51. The van der Waals surface area contributed by atoms with E-state index in [1.54, 1.807) is 18.2 Å². The van der Waals surface area contributed by atoms with Gasteiger partial charge in [-0.15, -0.1) is 0 Å². The number of nitrogens with zero attached hydrogens (tertiary/aromatic N) is 2. The Bertz CT molecular complexity index is 761. The summed E-state index contributed by atoms with van der Waals surface area (Å²) in [6.45, 7) is 1.56. The number of hydrogen-bond acceptors (Lipinski definition) is 3. The quantitative estimate of drug-likeness (QED) is 0.373. The second kappa shape index (κ2) is 7.08. The van der Waals surface area contributed by atoms with Crippen LogP contribution in [0.5, 0.6) is 0 Å². The molecule has 0 bridgehead atoms. The van der Waals surface area contributed by atoms with Gasteiger partial charge in [-0.1, -0.05) is 30.3 Å². The van der Waals surface area contributed by atoms with Crippen molar-refractivity contribution in [3.05, 3.63) is 75.8 Å². The molecule has 2 aromatic carbocycles. The summed E-state index contributed by atoms with van der Waals surface area (Å²) in [7, 11) is 0. The van der Waals surface area contributed by atoms with Gasteiger partial charge in [-0.3, -0.25) is 14.9 Å². The number of likely N-dealkylation sites (tertiary alicyclic amines) is 1. The SMILES string of the molecule is O=C(/C(=C/c1ccc([N+](=O)[O-])cc1)c1ccccc1)N1CCCC1. The van der Waals surface area contributed by atoms with Gasteiger partial charge in [0.25, 0.3) is 11.6 Å². The molecule has 5 nitrogen and oxygen atoms in total. The topological polar surface area (TPSA) is 63.4 Å². The predicted molar refractivity (Wildman–Crippen MR) is 93.2 cm³/mol. The first kappa shape index (κ1) is 15.9. The lowest BCUT2D eigenvalue weighted by atomic mass is 10.0. The second-order valence-corrected chi connectivity index (χ2v) is 5.77. The Morgan fingerprint density at radius 3 is 2.21 bits per heavy atom. The number of non-ortho nitro benzene ring substituents is 1. The van der Waals surface area contributed by atoms with E-state index in [1.807, 2.05) is 35.2 Å². The van der Waals surface area contributed by atoms with Crippen LogP contribution in [-0.4, -0.2) is 28.8 Å². The Labute approximate surface area is 140 Å². The average Bonchev–Trinajstić information content (AvgIpc) is 3.15. The van der Waals surface area contributed by atoms with Crippen LogP contribution in [0.1, 0.15) is 24.0 Å². The first-order valence-electron chi connectivity index (χ1n) is 7.96. The molecule has 24 heavy (non-hydrogen) atoms. The molecule has 1 aliphatic rings. The van der Waals surface area contributed by atoms with Crippen molar-refractivity contribution in [1.82, 2.24) is 4.90 Å². The van der Waals surface area contributed by atoms with Crippen LogP contribution in [0.3, 0.4) is 0 Å². The molecule has 0 radical (unpaired) electrons. The van der Waals surface area contributed by atoms with E-state index in [4.69, 9.17) is 0 Å². The lowest BCUT2D eigenvalue weighted by Crippen LogP contribution is -2.28. The summed E-state index contributed by atoms with van der Waals surface area (Å²) in [6, 6.07) is 15.8. The molecule has 2 aromatic rings. The minimum Gasteiger partial charge on any atom is -0.339 e. The number of benzene rings is 2. The van der Waals surface area contributed by atoms with Crippen LogP contribution in [-0.2, 0) is 4.79 Å². The molecule has 0 aliphatic carbocycles. The van der Waals surface area contributed by atoms with Crippen LogP contribution in [0.25, 0.3) is 11.6 Å². The van der Waals surface area contributed by atoms with E-state index in [0.717, 1.165) is 37.1 Å². The molecule has 0 saturated carbocycles. The number of rotatable bonds is 4. The summed E-state index contributed by atoms with van der Waals surface area (Å²) in [5.41, 5.74) is 2.28. The third-order valence-electron chi connectivity index (χ3n) is 4.12. The molecule has 1 heterocycles. The van der Waals surface area contributed by atoms with Crippen LogP contribution >= 0.6 is 0 Å². The van der Waals surface area contributed by atoms with E-state index in [1.165, 1.54) is 12.1 Å². The van der Waals surface area contributed by atoms with Crippen molar-refractivity contribution >= 4 is 23.2 Å². The summed E-state index contributed by atoms with van der Waals surface area (Å²) < 4.78 is 0. The van der Waals surface area contributed by atoms with Crippen molar-refractivity contribution < 1.29 is 9.72 Å². The molecule has 1 saturated heterocycles. The van der Waals surface area contributed by atoms with Gasteiger partial charge >= 0.3 is 0 Å². The monoisotopic (exact) mass is 322 g/mol. The summed E-state index contributed by atoms with van der Waals surface area (Å²) in [5, 5.41) is 10.8. The van der Waals surface area contributed by atoms with E-state index in [2.05, 4.69) is 0 Å². The Morgan fingerprint density at radius 2 is 1.62 bits per heavy atom. The maximum Gasteiger partial charge on any atom is 0.269 e. The van der Waals surface area contributed by atoms with Gasteiger partial charge in [0.1, 0.15) is 0 Å². The Balaban J connectivity index is 1.97. The zero-order valence-electron chi connectivity index (χ0n) is 13.2. The highest BCUT2D eigenvalue weighted by Gasteiger charge is 2.22. The Kier molecular flexibility index (Phi) is 4.70. The molecule has 0 aromatic heterocycles. The molecule has 1 aliphatic heterocycles. The van der Waals surface area contributed by atoms with Gasteiger partial charge in [-0.2, -0.15) is 0 Å². The fourth-order valence-corrected chi connectivity index (χ4v) is 2.84. The van der Waals surface area contributed by atoms with Gasteiger partial charge in [0, 0.05) is 30.8 Å². The van der Waals surface area contributed by atoms with Crippen molar-refractivity contribution in [2.75, 3.05) is 13.1 Å². The number of carbonyl (C=O) groups is 1. The molecular weight excluding hydrogens is 304 g/mol. The van der Waals surface area contributed by atoms with Crippen LogP contribution in [0.15, 0.2) is 54.6 Å². The van der Waals surface area contributed by atoms with E-state index < -0.39 is 4.92 Å². The van der Waals surface area contributed by atoms with Crippen molar-refractivity contribution in [3.63, 3.8) is 0 Å². The molecule has 122 valence electrons. The van der Waals surface area contributed by atoms with Gasteiger partial charge in [0.05, 0.1) is 4.92 Å². The van der Waals surface area contributed by atoms with Crippen LogP contribution < -0.4 is 0 Å². The average molecular weight is 322 g/mol. The number of carbonyl (C=O) groups excluding carboxylic acids is 1. The second-order valence-electron chi connectivity index (χ2n) is 5.77. The fourth-order valence-electron chi connectivity index (χ4n) is 2.84. The summed E-state index contributed by atoms with van der Waals surface area (Å²) in [5.74, 6) is 0.0112. The molecule has 3 rings (SSSR count). The van der Waals surface area contributed by atoms with E-state index in [9.17, 15) is 14.9 Å². The number of nitro groups is 1. The maximum absolute atomic E-state index is 12.9. The number of amides is 1. The molecular formula is C19H18N2O3. The Hall–Kier alpha value is -2.95. The minimum atomic E-state index is -0.430. The van der Waals surface area contributed by atoms with E-state index in [-0.39, 0.29) is 11.6 Å². The standard InChI is InChI=1S/C19H18N2O3/c22-19(20-12-4-5-13-20)18(16-6-2-1-3-7-16)14-15-8-10-17(11-9-15)21(23)24/h1-3,6-11,14H,4-5,12-13H2/b18-14+. The number of nitro benzene ring substituents is 1. The maximum atomic E-state index is 12.9. The van der Waals surface area contributed by atoms with Crippen molar-refractivity contribution in [2.24, 2.45) is 0 Å². The smallest absolute Gasteiger partial charge is 0.269 e. The molecule has 0 N–H and O–H groups in total. The van der Waals surface area contributed by atoms with Crippen molar-refractivity contribution in [3.8, 4) is 0 Å². The highest BCUT2D eigenvalue weighted by atomic mass is 16.6. The van der Waals surface area contributed by atoms with Gasteiger partial charge in [-0.25, -0.2) is 0 Å². The normalized spacial score (nSPS) is 14.7.